The minimum absolute atomic E-state index is 0.0348. The van der Waals surface area contributed by atoms with Crippen LogP contribution in [0.15, 0.2) is 3.95 Å². The predicted octanol–water partition coefficient (Wildman–Crippen LogP) is 6.25. The van der Waals surface area contributed by atoms with Gasteiger partial charge in [-0.2, -0.15) is 0 Å². The van der Waals surface area contributed by atoms with Crippen LogP contribution in [0.2, 0.25) is 0 Å². The van der Waals surface area contributed by atoms with Crippen molar-refractivity contribution in [3.05, 3.63) is 0 Å². The predicted molar refractivity (Wildman–Crippen MR) is 123 cm³/mol. The number of rotatable bonds is 16. The molecule has 191 valence electrons. The molecule has 1 fully saturated rings. The van der Waals surface area contributed by atoms with Crippen molar-refractivity contribution in [1.29, 1.82) is 5.26 Å². The van der Waals surface area contributed by atoms with Gasteiger partial charge in [0.1, 0.15) is 0 Å². The van der Waals surface area contributed by atoms with Crippen molar-refractivity contribution in [2.24, 2.45) is 33.5 Å². The summed E-state index contributed by atoms with van der Waals surface area (Å²) in [5.41, 5.74) is -0.830. The van der Waals surface area contributed by atoms with Gasteiger partial charge in [0.2, 0.25) is 0 Å². The summed E-state index contributed by atoms with van der Waals surface area (Å²) in [5, 5.41) is 8.99. The molecule has 0 N–H and O–H groups in total. The van der Waals surface area contributed by atoms with Gasteiger partial charge in [-0.1, -0.05) is 20.8 Å². The van der Waals surface area contributed by atoms with E-state index in [1.807, 2.05) is 30.2 Å². The zero-order valence-electron chi connectivity index (χ0n) is 22.4. The van der Waals surface area contributed by atoms with Crippen molar-refractivity contribution < 1.29 is 46.3 Å². The van der Waals surface area contributed by atoms with Gasteiger partial charge in [-0.25, -0.2) is 0 Å². The first-order valence-corrected chi connectivity index (χ1v) is 14.0. The Morgan fingerprint density at radius 1 is 1.30 bits per heavy atom. The van der Waals surface area contributed by atoms with Gasteiger partial charge in [-0.05, 0) is 0 Å². The quantitative estimate of drug-likeness (QED) is 0.133. The summed E-state index contributed by atoms with van der Waals surface area (Å²) in [5.74, 6) is 1.06. The summed E-state index contributed by atoms with van der Waals surface area (Å²) < 4.78 is 49.4. The van der Waals surface area contributed by atoms with Crippen molar-refractivity contribution in [2.45, 2.75) is 92.5 Å². The molecule has 0 aromatic rings. The molecule has 0 aromatic heterocycles. The van der Waals surface area contributed by atoms with E-state index in [1.165, 1.54) is 0 Å². The Kier molecular flexibility index (Phi) is 12.8. The van der Waals surface area contributed by atoms with Crippen molar-refractivity contribution in [1.82, 2.24) is 0 Å². The number of nitriles is 1. The SMILES string of the molecule is [3H]C1CC(OP(=O)(OCCC#N)OC(C)(C(C)C(C)CC)C(C)C(C)C(C)C)C(CO[N]=[V])O1. The molecule has 1 aliphatic heterocycles. The van der Waals surface area contributed by atoms with Gasteiger partial charge in [0.05, 0.1) is 0 Å². The summed E-state index contributed by atoms with van der Waals surface area (Å²) >= 11 is 1.95. The van der Waals surface area contributed by atoms with Gasteiger partial charge in [0.25, 0.3) is 0 Å². The van der Waals surface area contributed by atoms with Crippen LogP contribution in [0.25, 0.3) is 0 Å². The first-order valence-electron chi connectivity index (χ1n) is 12.5. The van der Waals surface area contributed by atoms with Crippen LogP contribution in [0.5, 0.6) is 0 Å². The molecule has 1 aliphatic rings. The summed E-state index contributed by atoms with van der Waals surface area (Å²) in [6.07, 6.45) is -0.188. The van der Waals surface area contributed by atoms with E-state index in [4.69, 9.17) is 29.8 Å². The topological polar surface area (TPSA) is 99.4 Å². The first-order chi connectivity index (χ1) is 15.8. The van der Waals surface area contributed by atoms with Crippen LogP contribution in [0, 0.1) is 40.9 Å². The Morgan fingerprint density at radius 3 is 2.52 bits per heavy atom. The number of phosphoric acid groups is 1. The van der Waals surface area contributed by atoms with Gasteiger partial charge < -0.3 is 0 Å². The number of phosphoric ester groups is 1. The zero-order valence-corrected chi connectivity index (χ0v) is 23.7. The van der Waals surface area contributed by atoms with Gasteiger partial charge >= 0.3 is 191 Å². The molecule has 33 heavy (non-hydrogen) atoms. The van der Waals surface area contributed by atoms with E-state index >= 15 is 0 Å². The second-order valence-corrected chi connectivity index (χ2v) is 11.4. The van der Waals surface area contributed by atoms with E-state index in [0.29, 0.717) is 11.8 Å². The van der Waals surface area contributed by atoms with Crippen molar-refractivity contribution in [3.8, 4) is 6.07 Å². The van der Waals surface area contributed by atoms with Crippen LogP contribution in [0.4, 0.5) is 0 Å². The van der Waals surface area contributed by atoms with Gasteiger partial charge in [-0.15, -0.1) is 0 Å². The summed E-state index contributed by atoms with van der Waals surface area (Å²) in [6, 6.07) is 2.00. The monoisotopic (exact) mass is 527 g/mol. The van der Waals surface area contributed by atoms with Crippen LogP contribution in [0.3, 0.4) is 0 Å². The molecule has 0 aromatic carbocycles. The number of hydrogen-bond donors (Lipinski definition) is 0. The van der Waals surface area contributed by atoms with E-state index in [9.17, 15) is 4.57 Å². The third-order valence-corrected chi connectivity index (χ3v) is 9.32. The molecule has 1 saturated heterocycles. The molecule has 0 spiro atoms. The third-order valence-electron chi connectivity index (χ3n) is 7.49. The molecule has 0 radical (unpaired) electrons. The second-order valence-electron chi connectivity index (χ2n) is 9.63. The fourth-order valence-electron chi connectivity index (χ4n) is 4.16. The zero-order chi connectivity index (χ0) is 26.1. The van der Waals surface area contributed by atoms with E-state index in [0.717, 1.165) is 6.42 Å². The Morgan fingerprint density at radius 2 is 1.97 bits per heavy atom. The Hall–Kier alpha value is -0.0956. The Balaban J connectivity index is 3.34. The molecule has 1 heterocycles. The maximum absolute atomic E-state index is 14.1. The van der Waals surface area contributed by atoms with Gasteiger partial charge in [0, 0.05) is 0 Å². The number of ether oxygens (including phenoxy) is 1. The molecule has 0 bridgehead atoms. The van der Waals surface area contributed by atoms with Crippen molar-refractivity contribution in [3.63, 3.8) is 0 Å². The van der Waals surface area contributed by atoms with E-state index in [-0.39, 0.29) is 43.8 Å². The number of hydrogen-bond acceptors (Lipinski definition) is 8. The summed E-state index contributed by atoms with van der Waals surface area (Å²) in [6.45, 7) is 16.2. The fourth-order valence-corrected chi connectivity index (χ4v) is 6.11. The summed E-state index contributed by atoms with van der Waals surface area (Å²) in [4.78, 5) is 5.08. The van der Waals surface area contributed by atoms with Crippen LogP contribution in [-0.2, 0) is 44.9 Å². The molecule has 9 atom stereocenters. The Bertz CT molecular complexity index is 726. The molecule has 0 saturated carbocycles. The Labute approximate surface area is 211 Å². The van der Waals surface area contributed by atoms with Crippen LogP contribution < -0.4 is 0 Å². The standard InChI is InChI=1S/C23H43N2O6P.V/c1-9-17(4)19(6)23(8,20(7)18(5)16(2)3)31-32(26,29-13-10-12-24)30-21-11-14-27-22(21)15-28-25;/h16-22H,9-11,13-15H2,1-8H3;/i14T;. The molecule has 0 amide bonds. The fraction of sp³-hybridized carbons (Fsp3) is 0.957. The molecular formula is C23H43N2O6PV. The van der Waals surface area contributed by atoms with Crippen molar-refractivity contribution >= 4 is 7.82 Å². The molecular weight excluding hydrogens is 482 g/mol. The van der Waals surface area contributed by atoms with Crippen LogP contribution in [-0.4, -0.2) is 37.6 Å². The molecule has 0 aliphatic carbocycles. The third kappa shape index (κ3) is 8.81. The molecule has 10 heteroatoms. The maximum atomic E-state index is 14.1. The average molecular weight is 528 g/mol. The summed E-state index contributed by atoms with van der Waals surface area (Å²) in [7, 11) is -4.15. The van der Waals surface area contributed by atoms with Gasteiger partial charge in [-0.3, -0.25) is 0 Å². The average Bonchev–Trinajstić information content (AvgIpc) is 3.13. The normalized spacial score (nSPS) is 28.7. The van der Waals surface area contributed by atoms with E-state index in [1.54, 1.807) is 0 Å². The number of nitrogens with zero attached hydrogens (tertiary/aromatic N) is 2. The minimum atomic E-state index is -4.15. The van der Waals surface area contributed by atoms with Crippen LogP contribution >= 0.6 is 7.82 Å². The second kappa shape index (κ2) is 14.5. The van der Waals surface area contributed by atoms with Crippen LogP contribution in [0.1, 0.15) is 76.0 Å². The van der Waals surface area contributed by atoms with Crippen molar-refractivity contribution in [2.75, 3.05) is 19.8 Å². The molecule has 1 rings (SSSR count). The first kappa shape index (κ1) is 29.1. The molecule has 8 nitrogen and oxygen atoms in total. The van der Waals surface area contributed by atoms with E-state index < -0.39 is 32.2 Å². The molecule has 9 unspecified atom stereocenters. The van der Waals surface area contributed by atoms with Gasteiger partial charge in [0.15, 0.2) is 0 Å². The van der Waals surface area contributed by atoms with E-state index in [2.05, 4.69) is 52.4 Å².